The van der Waals surface area contributed by atoms with Gasteiger partial charge in [-0.2, -0.15) is 0 Å². The van der Waals surface area contributed by atoms with Crippen LogP contribution in [0.4, 0.5) is 5.69 Å². The lowest BCUT2D eigenvalue weighted by Gasteiger charge is -2.40. The van der Waals surface area contributed by atoms with Crippen LogP contribution in [0.25, 0.3) is 49.9 Å². The van der Waals surface area contributed by atoms with Crippen LogP contribution < -0.4 is 14.4 Å². The zero-order valence-corrected chi connectivity index (χ0v) is 34.1. The van der Waals surface area contributed by atoms with E-state index in [1.165, 1.54) is 71.9 Å². The SMILES string of the molecule is CCC1(CC)c2ccccc2-c2c1c1c(c3cc(N4CCOCC4)ccc23)OC(c2ccc(OC)cc2)(c2ccc3c(c2)C(C)(C)c2cc4ccccc4cc2-3)C=C1. The molecular weight excluding hydrogens is 711 g/mol. The van der Waals surface area contributed by atoms with Crippen LogP contribution in [0.2, 0.25) is 0 Å². The molecule has 7 aromatic rings. The molecule has 4 aliphatic rings. The standard InChI is InChI=1S/C54H49NO3/c1-6-53(7-2)46-15-11-10-14-42(46)49-41-23-19-38(55-26-28-57-29-27-55)33-45(41)51-43(50(49)53)24-25-54(58-51,36-16-20-39(56-5)21-17-36)37-18-22-40-44-30-34-12-8-9-13-35(34)31-47(44)52(3,4)48(40)32-37/h8-25,30-33H,6-7,26-29H2,1-5H3. The Hall–Kier alpha value is -5.84. The number of hydrogen-bond acceptors (Lipinski definition) is 4. The Balaban J connectivity index is 1.18. The van der Waals surface area contributed by atoms with Crippen LogP contribution in [0.5, 0.6) is 11.5 Å². The molecule has 288 valence electrons. The van der Waals surface area contributed by atoms with Crippen LogP contribution in [0.15, 0.2) is 127 Å². The van der Waals surface area contributed by atoms with Gasteiger partial charge in [-0.15, -0.1) is 0 Å². The predicted molar refractivity (Wildman–Crippen MR) is 239 cm³/mol. The number of hydrogen-bond donors (Lipinski definition) is 0. The molecule has 0 bridgehead atoms. The molecule has 58 heavy (non-hydrogen) atoms. The van der Waals surface area contributed by atoms with Gasteiger partial charge in [0.1, 0.15) is 11.5 Å². The van der Waals surface area contributed by atoms with Gasteiger partial charge in [0.05, 0.1) is 20.3 Å². The molecule has 4 heteroatoms. The monoisotopic (exact) mass is 759 g/mol. The lowest BCUT2D eigenvalue weighted by molar-refractivity contribution is 0.122. The van der Waals surface area contributed by atoms with Crippen LogP contribution in [-0.4, -0.2) is 33.4 Å². The van der Waals surface area contributed by atoms with Gasteiger partial charge in [0.15, 0.2) is 5.60 Å². The average molecular weight is 760 g/mol. The highest BCUT2D eigenvalue weighted by Gasteiger charge is 2.47. The third-order valence-electron chi connectivity index (χ3n) is 14.3. The van der Waals surface area contributed by atoms with E-state index >= 15 is 0 Å². The van der Waals surface area contributed by atoms with E-state index in [0.717, 1.165) is 67.2 Å². The summed E-state index contributed by atoms with van der Waals surface area (Å²) in [6.07, 6.45) is 6.77. The number of nitrogens with zero attached hydrogens (tertiary/aromatic N) is 1. The summed E-state index contributed by atoms with van der Waals surface area (Å²) in [7, 11) is 1.73. The Labute approximate surface area is 341 Å². The largest absolute Gasteiger partial charge is 0.497 e. The first kappa shape index (κ1) is 35.3. The quantitative estimate of drug-likeness (QED) is 0.169. The van der Waals surface area contributed by atoms with Gasteiger partial charge in [0.25, 0.3) is 0 Å². The summed E-state index contributed by atoms with van der Waals surface area (Å²) in [5.41, 5.74) is 14.2. The van der Waals surface area contributed by atoms with Crippen molar-refractivity contribution < 1.29 is 14.2 Å². The third-order valence-corrected chi connectivity index (χ3v) is 14.3. The van der Waals surface area contributed by atoms with Crippen molar-refractivity contribution in [2.75, 3.05) is 38.3 Å². The zero-order valence-electron chi connectivity index (χ0n) is 34.1. The highest BCUT2D eigenvalue weighted by molar-refractivity contribution is 6.09. The van der Waals surface area contributed by atoms with Crippen molar-refractivity contribution in [3.8, 4) is 33.8 Å². The maximum Gasteiger partial charge on any atom is 0.178 e. The second-order valence-corrected chi connectivity index (χ2v) is 17.2. The number of morpholine rings is 1. The van der Waals surface area contributed by atoms with Crippen molar-refractivity contribution >= 4 is 33.3 Å². The van der Waals surface area contributed by atoms with Gasteiger partial charge in [-0.1, -0.05) is 113 Å². The second kappa shape index (κ2) is 12.8. The van der Waals surface area contributed by atoms with Crippen molar-refractivity contribution in [2.45, 2.75) is 57.0 Å². The van der Waals surface area contributed by atoms with Gasteiger partial charge in [0.2, 0.25) is 0 Å². The maximum absolute atomic E-state index is 7.92. The van der Waals surface area contributed by atoms with Crippen molar-refractivity contribution in [1.29, 1.82) is 0 Å². The van der Waals surface area contributed by atoms with E-state index in [9.17, 15) is 0 Å². The molecule has 0 saturated carbocycles. The van der Waals surface area contributed by atoms with Gasteiger partial charge in [0, 0.05) is 51.7 Å². The Morgan fingerprint density at radius 1 is 0.655 bits per heavy atom. The van der Waals surface area contributed by atoms with Crippen LogP contribution in [0, 0.1) is 0 Å². The molecule has 1 fully saturated rings. The minimum atomic E-state index is -0.910. The number of ether oxygens (including phenoxy) is 3. The van der Waals surface area contributed by atoms with Crippen molar-refractivity contribution in [1.82, 2.24) is 0 Å². The minimum absolute atomic E-state index is 0.131. The Morgan fingerprint density at radius 2 is 1.36 bits per heavy atom. The van der Waals surface area contributed by atoms with Gasteiger partial charge in [-0.25, -0.2) is 0 Å². The van der Waals surface area contributed by atoms with E-state index in [4.69, 9.17) is 14.2 Å². The van der Waals surface area contributed by atoms with Crippen LogP contribution in [-0.2, 0) is 21.2 Å². The van der Waals surface area contributed by atoms with E-state index in [2.05, 4.69) is 166 Å². The summed E-state index contributed by atoms with van der Waals surface area (Å²) in [6.45, 7) is 12.7. The fourth-order valence-corrected chi connectivity index (χ4v) is 11.1. The average Bonchev–Trinajstić information content (AvgIpc) is 3.70. The highest BCUT2D eigenvalue weighted by atomic mass is 16.5. The van der Waals surface area contributed by atoms with E-state index < -0.39 is 5.60 Å². The normalized spacial score (nSPS) is 19.3. The smallest absolute Gasteiger partial charge is 0.178 e. The van der Waals surface area contributed by atoms with E-state index in [0.29, 0.717) is 0 Å². The molecule has 2 aliphatic heterocycles. The molecule has 4 nitrogen and oxygen atoms in total. The van der Waals surface area contributed by atoms with E-state index in [-0.39, 0.29) is 10.8 Å². The molecule has 2 aliphatic carbocycles. The first-order valence-corrected chi connectivity index (χ1v) is 21.1. The summed E-state index contributed by atoms with van der Waals surface area (Å²) in [4.78, 5) is 2.46. The molecule has 0 aromatic heterocycles. The molecule has 0 spiro atoms. The Bertz CT molecular complexity index is 2840. The van der Waals surface area contributed by atoms with Crippen LogP contribution in [0.3, 0.4) is 0 Å². The number of benzene rings is 7. The Morgan fingerprint density at radius 3 is 2.12 bits per heavy atom. The van der Waals surface area contributed by atoms with Gasteiger partial charge in [-0.3, -0.25) is 0 Å². The molecule has 11 rings (SSSR count). The molecule has 0 N–H and O–H groups in total. The topological polar surface area (TPSA) is 30.9 Å². The minimum Gasteiger partial charge on any atom is -0.497 e. The summed E-state index contributed by atoms with van der Waals surface area (Å²) in [6, 6.07) is 45.3. The molecule has 0 amide bonds. The van der Waals surface area contributed by atoms with Crippen molar-refractivity contribution in [3.05, 3.63) is 166 Å². The first-order chi connectivity index (χ1) is 28.3. The summed E-state index contributed by atoms with van der Waals surface area (Å²) in [5, 5.41) is 4.95. The summed E-state index contributed by atoms with van der Waals surface area (Å²) < 4.78 is 19.4. The molecule has 1 saturated heterocycles. The summed E-state index contributed by atoms with van der Waals surface area (Å²) >= 11 is 0. The predicted octanol–water partition coefficient (Wildman–Crippen LogP) is 12.6. The summed E-state index contributed by atoms with van der Waals surface area (Å²) in [5.74, 6) is 1.78. The molecule has 7 aromatic carbocycles. The molecule has 1 unspecified atom stereocenters. The third kappa shape index (κ3) is 4.79. The van der Waals surface area contributed by atoms with Crippen molar-refractivity contribution in [2.24, 2.45) is 0 Å². The fraction of sp³-hybridized carbons (Fsp3) is 0.259. The van der Waals surface area contributed by atoms with Crippen LogP contribution in [0.1, 0.15) is 79.5 Å². The first-order valence-electron chi connectivity index (χ1n) is 21.1. The van der Waals surface area contributed by atoms with Crippen LogP contribution >= 0.6 is 0 Å². The van der Waals surface area contributed by atoms with E-state index in [1.807, 2.05) is 0 Å². The zero-order chi connectivity index (χ0) is 39.4. The molecule has 2 heterocycles. The number of fused-ring (bicyclic) bond motifs is 12. The van der Waals surface area contributed by atoms with Gasteiger partial charge < -0.3 is 19.1 Å². The lowest BCUT2D eigenvalue weighted by atomic mass is 9.71. The maximum atomic E-state index is 7.92. The van der Waals surface area contributed by atoms with Crippen molar-refractivity contribution in [3.63, 3.8) is 0 Å². The number of anilines is 1. The molecular formula is C54H49NO3. The fourth-order valence-electron chi connectivity index (χ4n) is 11.1. The number of rotatable bonds is 6. The van der Waals surface area contributed by atoms with E-state index in [1.54, 1.807) is 7.11 Å². The lowest BCUT2D eigenvalue weighted by Crippen LogP contribution is -2.36. The van der Waals surface area contributed by atoms with Gasteiger partial charge >= 0.3 is 0 Å². The molecule has 0 radical (unpaired) electrons. The second-order valence-electron chi connectivity index (χ2n) is 17.2. The molecule has 1 atom stereocenters. The van der Waals surface area contributed by atoms with Gasteiger partial charge in [-0.05, 0) is 122 Å². The highest BCUT2D eigenvalue weighted by Crippen LogP contribution is 2.61. The Kier molecular flexibility index (Phi) is 7.82. The number of methoxy groups -OCH3 is 1.